The molecule has 0 unspecified atom stereocenters. The topological polar surface area (TPSA) is 20.2 Å². The summed E-state index contributed by atoms with van der Waals surface area (Å²) in [5.74, 6) is 0. The van der Waals surface area contributed by atoms with Gasteiger partial charge in [-0.3, -0.25) is 0 Å². The van der Waals surface area contributed by atoms with E-state index in [4.69, 9.17) is 5.11 Å². The lowest BCUT2D eigenvalue weighted by Crippen LogP contribution is -1.83. The zero-order chi connectivity index (χ0) is 9.42. The van der Waals surface area contributed by atoms with Crippen molar-refractivity contribution in [3.63, 3.8) is 0 Å². The van der Waals surface area contributed by atoms with Crippen LogP contribution in [0.25, 0.3) is 10.1 Å². The maximum atomic E-state index is 9.14. The molecule has 1 aromatic carbocycles. The lowest BCUT2D eigenvalue weighted by atomic mass is 10.2. The van der Waals surface area contributed by atoms with Gasteiger partial charge in [-0.15, -0.1) is 24.0 Å². The van der Waals surface area contributed by atoms with E-state index in [1.807, 2.05) is 12.1 Å². The van der Waals surface area contributed by atoms with Gasteiger partial charge in [0.15, 0.2) is 0 Å². The van der Waals surface area contributed by atoms with Gasteiger partial charge in [0.2, 0.25) is 0 Å². The van der Waals surface area contributed by atoms with E-state index in [2.05, 4.69) is 40.6 Å². The van der Waals surface area contributed by atoms with Crippen LogP contribution in [0.3, 0.4) is 0 Å². The minimum absolute atomic E-state index is 0.0848. The summed E-state index contributed by atoms with van der Waals surface area (Å²) in [6.07, 6.45) is 0. The highest BCUT2D eigenvalue weighted by molar-refractivity contribution is 14.1. The van der Waals surface area contributed by atoms with E-state index in [0.717, 1.165) is 10.5 Å². The standard InChI is InChI=1S/C9H7IOS2/c10-8-4-13-9-5(3-11)1-6(12)2-7(8)9/h1-2,4,11-12H,3H2. The number of aliphatic hydroxyl groups excluding tert-OH is 1. The zero-order valence-electron chi connectivity index (χ0n) is 6.62. The third-order valence-electron chi connectivity index (χ3n) is 1.86. The van der Waals surface area contributed by atoms with Crippen molar-refractivity contribution in [1.82, 2.24) is 0 Å². The maximum Gasteiger partial charge on any atom is 0.0696 e. The van der Waals surface area contributed by atoms with Crippen molar-refractivity contribution < 1.29 is 5.11 Å². The number of rotatable bonds is 1. The molecule has 2 rings (SSSR count). The second-order valence-corrected chi connectivity index (χ2v) is 5.28. The van der Waals surface area contributed by atoms with Crippen LogP contribution in [0.1, 0.15) is 5.56 Å². The highest BCUT2D eigenvalue weighted by Gasteiger charge is 2.06. The SMILES string of the molecule is OCc1cc(S)cc2c(I)csc12. The molecule has 0 spiro atoms. The Labute approximate surface area is 99.3 Å². The first-order valence-corrected chi connectivity index (χ1v) is 6.12. The van der Waals surface area contributed by atoms with Gasteiger partial charge in [0.05, 0.1) is 6.61 Å². The van der Waals surface area contributed by atoms with Gasteiger partial charge in [-0.2, -0.15) is 0 Å². The van der Waals surface area contributed by atoms with Crippen LogP contribution in [0, 0.1) is 3.57 Å². The summed E-state index contributed by atoms with van der Waals surface area (Å²) in [7, 11) is 0. The minimum atomic E-state index is 0.0848. The highest BCUT2D eigenvalue weighted by atomic mass is 127. The van der Waals surface area contributed by atoms with Crippen LogP contribution in [0.2, 0.25) is 0 Å². The third-order valence-corrected chi connectivity index (χ3v) is 4.50. The number of aliphatic hydroxyl groups is 1. The summed E-state index contributed by atoms with van der Waals surface area (Å²) in [5, 5.41) is 12.4. The molecule has 1 N–H and O–H groups in total. The number of thiophene rings is 1. The average molecular weight is 322 g/mol. The van der Waals surface area contributed by atoms with E-state index in [0.29, 0.717) is 0 Å². The van der Waals surface area contributed by atoms with Crippen molar-refractivity contribution in [3.8, 4) is 0 Å². The van der Waals surface area contributed by atoms with Gasteiger partial charge >= 0.3 is 0 Å². The normalized spacial score (nSPS) is 11.0. The van der Waals surface area contributed by atoms with Gasteiger partial charge in [-0.05, 0) is 40.3 Å². The van der Waals surface area contributed by atoms with Crippen molar-refractivity contribution in [1.29, 1.82) is 0 Å². The Balaban J connectivity index is 2.84. The van der Waals surface area contributed by atoms with Gasteiger partial charge in [0, 0.05) is 23.9 Å². The van der Waals surface area contributed by atoms with Gasteiger partial charge in [-0.1, -0.05) is 0 Å². The smallest absolute Gasteiger partial charge is 0.0696 e. The predicted molar refractivity (Wildman–Crippen MR) is 67.7 cm³/mol. The molecular formula is C9H7IOS2. The largest absolute Gasteiger partial charge is 0.392 e. The molecule has 0 bridgehead atoms. The molecule has 1 nitrogen and oxygen atoms in total. The zero-order valence-corrected chi connectivity index (χ0v) is 10.5. The molecule has 68 valence electrons. The van der Waals surface area contributed by atoms with Crippen molar-refractivity contribution in [2.24, 2.45) is 0 Å². The number of hydrogen-bond donors (Lipinski definition) is 2. The summed E-state index contributed by atoms with van der Waals surface area (Å²) in [4.78, 5) is 0.910. The molecular weight excluding hydrogens is 315 g/mol. The molecule has 0 aliphatic rings. The predicted octanol–water partition coefficient (Wildman–Crippen LogP) is 3.29. The Kier molecular flexibility index (Phi) is 2.83. The number of halogens is 1. The molecule has 2 aromatic rings. The van der Waals surface area contributed by atoms with Crippen LogP contribution in [-0.4, -0.2) is 5.11 Å². The lowest BCUT2D eigenvalue weighted by Gasteiger charge is -2.00. The molecule has 0 saturated carbocycles. The molecule has 0 aliphatic carbocycles. The summed E-state index contributed by atoms with van der Waals surface area (Å²) >= 11 is 8.27. The van der Waals surface area contributed by atoms with E-state index in [9.17, 15) is 0 Å². The Bertz CT molecular complexity index is 450. The monoisotopic (exact) mass is 322 g/mol. The van der Waals surface area contributed by atoms with Crippen LogP contribution < -0.4 is 0 Å². The van der Waals surface area contributed by atoms with Crippen molar-refractivity contribution in [2.75, 3.05) is 0 Å². The molecule has 0 amide bonds. The fourth-order valence-electron chi connectivity index (χ4n) is 1.28. The highest BCUT2D eigenvalue weighted by Crippen LogP contribution is 2.32. The molecule has 13 heavy (non-hydrogen) atoms. The van der Waals surface area contributed by atoms with Crippen molar-refractivity contribution in [3.05, 3.63) is 26.6 Å². The minimum Gasteiger partial charge on any atom is -0.392 e. The van der Waals surface area contributed by atoms with Gasteiger partial charge in [0.25, 0.3) is 0 Å². The lowest BCUT2D eigenvalue weighted by molar-refractivity contribution is 0.283. The van der Waals surface area contributed by atoms with Crippen LogP contribution in [-0.2, 0) is 6.61 Å². The fraction of sp³-hybridized carbons (Fsp3) is 0.111. The van der Waals surface area contributed by atoms with Gasteiger partial charge in [-0.25, -0.2) is 0 Å². The van der Waals surface area contributed by atoms with E-state index < -0.39 is 0 Å². The Hall–Kier alpha value is 0.220. The molecule has 4 heteroatoms. The Morgan fingerprint density at radius 3 is 2.92 bits per heavy atom. The molecule has 1 heterocycles. The van der Waals surface area contributed by atoms with Crippen LogP contribution in [0.4, 0.5) is 0 Å². The molecule has 0 radical (unpaired) electrons. The van der Waals surface area contributed by atoms with E-state index in [1.165, 1.54) is 13.7 Å². The van der Waals surface area contributed by atoms with E-state index in [1.54, 1.807) is 11.3 Å². The molecule has 0 aliphatic heterocycles. The maximum absolute atomic E-state index is 9.14. The molecule has 0 fully saturated rings. The van der Waals surface area contributed by atoms with Crippen LogP contribution in [0.5, 0.6) is 0 Å². The number of hydrogen-bond acceptors (Lipinski definition) is 3. The average Bonchev–Trinajstić information content (AvgIpc) is 2.47. The summed E-state index contributed by atoms with van der Waals surface area (Å²) in [5.41, 5.74) is 0.968. The number of benzene rings is 1. The van der Waals surface area contributed by atoms with Crippen molar-refractivity contribution in [2.45, 2.75) is 11.5 Å². The molecule has 1 aromatic heterocycles. The van der Waals surface area contributed by atoms with Crippen LogP contribution in [0.15, 0.2) is 22.4 Å². The quantitative estimate of drug-likeness (QED) is 0.610. The second-order valence-electron chi connectivity index (χ2n) is 2.72. The van der Waals surface area contributed by atoms with E-state index in [-0.39, 0.29) is 6.61 Å². The number of thiol groups is 1. The molecule has 0 saturated heterocycles. The summed E-state index contributed by atoms with van der Waals surface area (Å²) < 4.78 is 2.40. The first-order chi connectivity index (χ1) is 6.22. The Morgan fingerprint density at radius 1 is 1.46 bits per heavy atom. The van der Waals surface area contributed by atoms with Gasteiger partial charge < -0.3 is 5.11 Å². The fourth-order valence-corrected chi connectivity index (χ4v) is 3.47. The van der Waals surface area contributed by atoms with Crippen LogP contribution >= 0.6 is 46.6 Å². The Morgan fingerprint density at radius 2 is 2.23 bits per heavy atom. The van der Waals surface area contributed by atoms with Gasteiger partial charge in [0.1, 0.15) is 0 Å². The first kappa shape index (κ1) is 9.76. The number of fused-ring (bicyclic) bond motifs is 1. The second kappa shape index (κ2) is 3.76. The third kappa shape index (κ3) is 1.72. The molecule has 0 atom stereocenters. The van der Waals surface area contributed by atoms with Crippen molar-refractivity contribution >= 4 is 56.6 Å². The first-order valence-electron chi connectivity index (χ1n) is 3.72. The summed E-state index contributed by atoms with van der Waals surface area (Å²) in [6.45, 7) is 0.0848. The summed E-state index contributed by atoms with van der Waals surface area (Å²) in [6, 6.07) is 3.95. The van der Waals surface area contributed by atoms with E-state index >= 15 is 0 Å².